The molecule has 0 spiro atoms. The van der Waals surface area contributed by atoms with Gasteiger partial charge in [-0.1, -0.05) is 30.3 Å². The summed E-state index contributed by atoms with van der Waals surface area (Å²) >= 11 is 6.08. The number of hydrogen-bond acceptors (Lipinski definition) is 2. The number of aryl methyl sites for hydroxylation is 2. The Labute approximate surface area is 123 Å². The minimum absolute atomic E-state index is 0.180. The summed E-state index contributed by atoms with van der Waals surface area (Å²) in [4.78, 5) is 12.4. The monoisotopic (exact) mass is 291 g/mol. The summed E-state index contributed by atoms with van der Waals surface area (Å²) in [5.74, 6) is 0.111. The molecule has 1 unspecified atom stereocenters. The molecular formula is C15H18ClN3O. The molecule has 106 valence electrons. The van der Waals surface area contributed by atoms with Crippen LogP contribution in [0.4, 0.5) is 0 Å². The van der Waals surface area contributed by atoms with Crippen LogP contribution in [0.2, 0.25) is 0 Å². The van der Waals surface area contributed by atoms with Crippen molar-refractivity contribution in [3.05, 3.63) is 53.3 Å². The van der Waals surface area contributed by atoms with Crippen molar-refractivity contribution in [3.63, 3.8) is 0 Å². The molecule has 0 aliphatic rings. The van der Waals surface area contributed by atoms with Crippen molar-refractivity contribution in [3.8, 4) is 0 Å². The topological polar surface area (TPSA) is 46.9 Å². The third kappa shape index (κ3) is 2.85. The van der Waals surface area contributed by atoms with Crippen LogP contribution in [-0.4, -0.2) is 21.6 Å². The number of benzene rings is 1. The van der Waals surface area contributed by atoms with Crippen LogP contribution >= 0.6 is 11.6 Å². The molecule has 0 fully saturated rings. The fourth-order valence-corrected chi connectivity index (χ4v) is 2.35. The van der Waals surface area contributed by atoms with Gasteiger partial charge in [0.2, 0.25) is 0 Å². The van der Waals surface area contributed by atoms with E-state index in [2.05, 4.69) is 10.4 Å². The fraction of sp³-hybridized carbons (Fsp3) is 0.333. The fourth-order valence-electron chi connectivity index (χ4n) is 2.13. The Balaban J connectivity index is 2.26. The van der Waals surface area contributed by atoms with Crippen LogP contribution < -0.4 is 5.32 Å². The minimum atomic E-state index is -0.613. The van der Waals surface area contributed by atoms with E-state index in [1.54, 1.807) is 17.8 Å². The van der Waals surface area contributed by atoms with Crippen molar-refractivity contribution in [2.45, 2.75) is 19.4 Å². The lowest BCUT2D eigenvalue weighted by Crippen LogP contribution is -2.45. The summed E-state index contributed by atoms with van der Waals surface area (Å²) < 4.78 is 1.57. The van der Waals surface area contributed by atoms with Crippen LogP contribution in [0.1, 0.15) is 28.7 Å². The Hall–Kier alpha value is -1.81. The summed E-state index contributed by atoms with van der Waals surface area (Å²) in [6, 6.07) is 11.5. The highest BCUT2D eigenvalue weighted by Crippen LogP contribution is 2.22. The first kappa shape index (κ1) is 14.6. The van der Waals surface area contributed by atoms with E-state index in [0.717, 1.165) is 11.3 Å². The van der Waals surface area contributed by atoms with Crippen LogP contribution in [0.3, 0.4) is 0 Å². The van der Waals surface area contributed by atoms with Gasteiger partial charge in [-0.2, -0.15) is 5.10 Å². The van der Waals surface area contributed by atoms with Crippen molar-refractivity contribution in [1.29, 1.82) is 0 Å². The van der Waals surface area contributed by atoms with E-state index in [0.29, 0.717) is 11.6 Å². The summed E-state index contributed by atoms with van der Waals surface area (Å²) in [5, 5.41) is 7.18. The lowest BCUT2D eigenvalue weighted by molar-refractivity contribution is 0.0903. The molecule has 0 radical (unpaired) electrons. The molecule has 1 aromatic carbocycles. The van der Waals surface area contributed by atoms with Gasteiger partial charge < -0.3 is 5.32 Å². The molecule has 1 aromatic heterocycles. The molecule has 0 aliphatic heterocycles. The molecule has 20 heavy (non-hydrogen) atoms. The zero-order valence-electron chi connectivity index (χ0n) is 11.9. The maximum atomic E-state index is 12.4. The smallest absolute Gasteiger partial charge is 0.270 e. The maximum Gasteiger partial charge on any atom is 0.270 e. The van der Waals surface area contributed by atoms with E-state index >= 15 is 0 Å². The minimum Gasteiger partial charge on any atom is -0.340 e. The van der Waals surface area contributed by atoms with Crippen molar-refractivity contribution in [1.82, 2.24) is 15.1 Å². The van der Waals surface area contributed by atoms with E-state index in [1.807, 2.05) is 44.2 Å². The Morgan fingerprint density at radius 2 is 2.05 bits per heavy atom. The second kappa shape index (κ2) is 5.67. The van der Waals surface area contributed by atoms with E-state index in [4.69, 9.17) is 11.6 Å². The Bertz CT molecular complexity index is 609. The average Bonchev–Trinajstić information content (AvgIpc) is 2.78. The zero-order valence-corrected chi connectivity index (χ0v) is 12.6. The third-order valence-electron chi connectivity index (χ3n) is 3.30. The largest absolute Gasteiger partial charge is 0.340 e. The van der Waals surface area contributed by atoms with Crippen LogP contribution in [0, 0.1) is 6.92 Å². The molecular weight excluding hydrogens is 274 g/mol. The van der Waals surface area contributed by atoms with Gasteiger partial charge in [0.25, 0.3) is 5.91 Å². The highest BCUT2D eigenvalue weighted by molar-refractivity contribution is 6.18. The summed E-state index contributed by atoms with van der Waals surface area (Å²) in [5.41, 5.74) is 1.69. The summed E-state index contributed by atoms with van der Waals surface area (Å²) in [6.07, 6.45) is 0. The van der Waals surface area contributed by atoms with Crippen LogP contribution in [0.25, 0.3) is 0 Å². The van der Waals surface area contributed by atoms with Gasteiger partial charge in [0.15, 0.2) is 0 Å². The lowest BCUT2D eigenvalue weighted by atomic mass is 9.94. The lowest BCUT2D eigenvalue weighted by Gasteiger charge is -2.29. The van der Waals surface area contributed by atoms with E-state index in [9.17, 15) is 4.79 Å². The Kier molecular flexibility index (Phi) is 4.14. The Morgan fingerprint density at radius 1 is 1.40 bits per heavy atom. The van der Waals surface area contributed by atoms with Gasteiger partial charge in [-0.25, -0.2) is 0 Å². The summed E-state index contributed by atoms with van der Waals surface area (Å²) in [6.45, 7) is 3.77. The molecule has 1 amide bonds. The molecule has 4 nitrogen and oxygen atoms in total. The first-order chi connectivity index (χ1) is 9.46. The number of aromatic nitrogens is 2. The third-order valence-corrected chi connectivity index (χ3v) is 3.84. The molecule has 1 heterocycles. The highest BCUT2D eigenvalue weighted by Gasteiger charge is 2.29. The number of nitrogens with one attached hydrogen (secondary N) is 1. The van der Waals surface area contributed by atoms with Gasteiger partial charge in [0.1, 0.15) is 5.69 Å². The SMILES string of the molecule is Cc1cc(C(=O)NC(C)(CCl)c2ccccc2)n(C)n1. The van der Waals surface area contributed by atoms with Crippen LogP contribution in [0.5, 0.6) is 0 Å². The number of halogens is 1. The van der Waals surface area contributed by atoms with E-state index < -0.39 is 5.54 Å². The predicted molar refractivity (Wildman–Crippen MR) is 79.9 cm³/mol. The highest BCUT2D eigenvalue weighted by atomic mass is 35.5. The van der Waals surface area contributed by atoms with Gasteiger partial charge in [0, 0.05) is 12.9 Å². The average molecular weight is 292 g/mol. The molecule has 2 aromatic rings. The molecule has 0 saturated heterocycles. The van der Waals surface area contributed by atoms with Gasteiger partial charge in [-0.05, 0) is 25.5 Å². The number of hydrogen-bond donors (Lipinski definition) is 1. The summed E-state index contributed by atoms with van der Waals surface area (Å²) in [7, 11) is 1.75. The number of nitrogens with zero attached hydrogens (tertiary/aromatic N) is 2. The molecule has 5 heteroatoms. The van der Waals surface area contributed by atoms with Gasteiger partial charge in [0.05, 0.1) is 11.2 Å². The van der Waals surface area contributed by atoms with Crippen molar-refractivity contribution >= 4 is 17.5 Å². The molecule has 0 saturated carbocycles. The quantitative estimate of drug-likeness (QED) is 0.880. The standard InChI is InChI=1S/C15H18ClN3O/c1-11-9-13(19(3)18-11)14(20)17-15(2,10-16)12-7-5-4-6-8-12/h4-9H,10H2,1-3H3,(H,17,20). The number of carbonyl (C=O) groups is 1. The Morgan fingerprint density at radius 3 is 2.55 bits per heavy atom. The second-order valence-corrected chi connectivity index (χ2v) is 5.35. The zero-order chi connectivity index (χ0) is 14.8. The second-order valence-electron chi connectivity index (χ2n) is 5.08. The number of rotatable bonds is 4. The maximum absolute atomic E-state index is 12.4. The molecule has 0 aliphatic carbocycles. The van der Waals surface area contributed by atoms with Gasteiger partial charge in [-0.3, -0.25) is 9.48 Å². The first-order valence-corrected chi connectivity index (χ1v) is 6.94. The normalized spacial score (nSPS) is 13.8. The molecule has 1 atom stereocenters. The van der Waals surface area contributed by atoms with Gasteiger partial charge in [-0.15, -0.1) is 11.6 Å². The van der Waals surface area contributed by atoms with E-state index in [1.165, 1.54) is 0 Å². The number of amides is 1. The predicted octanol–water partition coefficient (Wildman–Crippen LogP) is 2.61. The molecule has 0 bridgehead atoms. The number of alkyl halides is 1. The molecule has 1 N–H and O–H groups in total. The van der Waals surface area contributed by atoms with Gasteiger partial charge >= 0.3 is 0 Å². The van der Waals surface area contributed by atoms with Crippen LogP contribution in [0.15, 0.2) is 36.4 Å². The number of carbonyl (C=O) groups excluding carboxylic acids is 1. The van der Waals surface area contributed by atoms with E-state index in [-0.39, 0.29) is 5.91 Å². The molecule has 2 rings (SSSR count). The first-order valence-electron chi connectivity index (χ1n) is 6.41. The van der Waals surface area contributed by atoms with Crippen LogP contribution in [-0.2, 0) is 12.6 Å². The van der Waals surface area contributed by atoms with Crippen molar-refractivity contribution < 1.29 is 4.79 Å². The van der Waals surface area contributed by atoms with Crippen molar-refractivity contribution in [2.24, 2.45) is 7.05 Å². The van der Waals surface area contributed by atoms with Crippen molar-refractivity contribution in [2.75, 3.05) is 5.88 Å².